The van der Waals surface area contributed by atoms with Gasteiger partial charge in [0.15, 0.2) is 5.58 Å². The number of fused-ring (bicyclic) bond motifs is 13. The van der Waals surface area contributed by atoms with Crippen molar-refractivity contribution in [3.8, 4) is 17.2 Å². The quantitative estimate of drug-likeness (QED) is 0.188. The number of aromatic nitrogens is 3. The van der Waals surface area contributed by atoms with E-state index in [1.54, 1.807) is 0 Å². The first-order valence-electron chi connectivity index (χ1n) is 17.0. The van der Waals surface area contributed by atoms with Crippen LogP contribution in [0.2, 0.25) is 0 Å². The zero-order chi connectivity index (χ0) is 33.2. The largest absolute Gasteiger partial charge is 0.456 e. The Morgan fingerprint density at radius 2 is 1.16 bits per heavy atom. The van der Waals surface area contributed by atoms with Crippen LogP contribution in [0.25, 0.3) is 105 Å². The molecule has 7 aromatic carbocycles. The molecule has 0 atom stereocenters. The van der Waals surface area contributed by atoms with Crippen molar-refractivity contribution in [3.63, 3.8) is 0 Å². The van der Waals surface area contributed by atoms with Crippen LogP contribution in [0.3, 0.4) is 0 Å². The van der Waals surface area contributed by atoms with Crippen molar-refractivity contribution in [1.29, 1.82) is 0 Å². The Bertz CT molecular complexity index is 3230. The van der Waals surface area contributed by atoms with Crippen LogP contribution in [0.5, 0.6) is 0 Å². The van der Waals surface area contributed by atoms with Crippen LogP contribution in [0.1, 0.15) is 16.7 Å². The van der Waals surface area contributed by atoms with Crippen molar-refractivity contribution in [2.24, 2.45) is 0 Å². The molecule has 5 heteroatoms. The fourth-order valence-electron chi connectivity index (χ4n) is 8.19. The van der Waals surface area contributed by atoms with Crippen molar-refractivity contribution >= 4 is 87.4 Å². The summed E-state index contributed by atoms with van der Waals surface area (Å²) in [6.45, 7) is 6.39. The fourth-order valence-corrected chi connectivity index (χ4v) is 8.19. The predicted octanol–water partition coefficient (Wildman–Crippen LogP) is 12.3. The van der Waals surface area contributed by atoms with Gasteiger partial charge >= 0.3 is 0 Å². The summed E-state index contributed by atoms with van der Waals surface area (Å²) in [7, 11) is 0. The van der Waals surface area contributed by atoms with Gasteiger partial charge in [-0.2, -0.15) is 0 Å². The van der Waals surface area contributed by atoms with E-state index in [1.807, 2.05) is 0 Å². The van der Waals surface area contributed by atoms with Gasteiger partial charge in [0.2, 0.25) is 5.95 Å². The SMILES string of the molecule is Cc1cc(C)cc(-c2nc(-n3c4ccc(C)cc4c4cc5oc6ccc7ccccc7c6c5cc43)nc3c2oc2ccc4ccccc4c23)c1. The van der Waals surface area contributed by atoms with Crippen molar-refractivity contribution in [3.05, 3.63) is 138 Å². The van der Waals surface area contributed by atoms with Crippen molar-refractivity contribution < 1.29 is 8.83 Å². The number of rotatable bonds is 2. The Balaban J connectivity index is 1.32. The van der Waals surface area contributed by atoms with Crippen molar-refractivity contribution in [2.45, 2.75) is 20.8 Å². The highest BCUT2D eigenvalue weighted by molar-refractivity contribution is 6.23. The monoisotopic (exact) mass is 643 g/mol. The van der Waals surface area contributed by atoms with E-state index >= 15 is 0 Å². The lowest BCUT2D eigenvalue weighted by Crippen LogP contribution is -2.03. The van der Waals surface area contributed by atoms with E-state index in [1.165, 1.54) is 27.5 Å². The lowest BCUT2D eigenvalue weighted by molar-refractivity contribution is 0.667. The van der Waals surface area contributed by atoms with Crippen molar-refractivity contribution in [2.75, 3.05) is 0 Å². The van der Waals surface area contributed by atoms with Gasteiger partial charge in [-0.15, -0.1) is 0 Å². The molecule has 50 heavy (non-hydrogen) atoms. The van der Waals surface area contributed by atoms with Gasteiger partial charge in [-0.05, 0) is 90.8 Å². The highest BCUT2D eigenvalue weighted by Crippen LogP contribution is 2.42. The van der Waals surface area contributed by atoms with Crippen LogP contribution in [-0.4, -0.2) is 14.5 Å². The van der Waals surface area contributed by atoms with E-state index in [2.05, 4.69) is 147 Å². The first-order chi connectivity index (χ1) is 24.5. The second kappa shape index (κ2) is 9.80. The van der Waals surface area contributed by atoms with E-state index in [4.69, 9.17) is 18.8 Å². The Labute approximate surface area is 286 Å². The molecule has 0 aliphatic rings. The summed E-state index contributed by atoms with van der Waals surface area (Å²) in [5.41, 5.74) is 11.4. The van der Waals surface area contributed by atoms with Gasteiger partial charge < -0.3 is 8.83 Å². The van der Waals surface area contributed by atoms with Gasteiger partial charge in [0.1, 0.15) is 28.0 Å². The van der Waals surface area contributed by atoms with Crippen LogP contribution in [0.15, 0.2) is 130 Å². The summed E-state index contributed by atoms with van der Waals surface area (Å²) in [5.74, 6) is 0.600. The van der Waals surface area contributed by atoms with E-state index in [-0.39, 0.29) is 0 Å². The maximum atomic E-state index is 6.68. The average Bonchev–Trinajstić information content (AvgIpc) is 3.79. The van der Waals surface area contributed by atoms with E-state index in [0.717, 1.165) is 82.3 Å². The van der Waals surface area contributed by atoms with Crippen molar-refractivity contribution in [1.82, 2.24) is 14.5 Å². The van der Waals surface area contributed by atoms with Gasteiger partial charge in [-0.3, -0.25) is 4.57 Å². The Kier molecular flexibility index (Phi) is 5.39. The zero-order valence-electron chi connectivity index (χ0n) is 27.7. The Morgan fingerprint density at radius 3 is 1.92 bits per heavy atom. The number of furan rings is 2. The van der Waals surface area contributed by atoms with Gasteiger partial charge in [-0.25, -0.2) is 9.97 Å². The standard InChI is InChI=1S/C45H29N3O2/c1-24-12-15-35-32(21-24)33-23-39-34(40-30-10-6-4-8-27(30)13-16-37(40)49-39)22-36(33)48(35)45-46-42(29-19-25(2)18-26(3)20-29)44-43(47-45)41-31-11-7-5-9-28(31)14-17-38(41)50-44/h4-23H,1-3H3. The molecule has 0 amide bonds. The molecule has 0 radical (unpaired) electrons. The second-order valence-corrected chi connectivity index (χ2v) is 13.7. The van der Waals surface area contributed by atoms with Crippen LogP contribution < -0.4 is 0 Å². The zero-order valence-corrected chi connectivity index (χ0v) is 27.7. The second-order valence-electron chi connectivity index (χ2n) is 13.7. The van der Waals surface area contributed by atoms with Gasteiger partial charge in [-0.1, -0.05) is 89.5 Å². The summed E-state index contributed by atoms with van der Waals surface area (Å²) in [6, 6.07) is 43.0. The minimum Gasteiger partial charge on any atom is -0.456 e. The molecule has 0 aliphatic carbocycles. The maximum absolute atomic E-state index is 6.68. The summed E-state index contributed by atoms with van der Waals surface area (Å²) >= 11 is 0. The average molecular weight is 644 g/mol. The molecule has 236 valence electrons. The highest BCUT2D eigenvalue weighted by atomic mass is 16.3. The molecule has 0 aliphatic heterocycles. The molecule has 0 unspecified atom stereocenters. The molecule has 4 aromatic heterocycles. The molecule has 0 spiro atoms. The summed E-state index contributed by atoms with van der Waals surface area (Å²) in [5, 5.41) is 10.0. The van der Waals surface area contributed by atoms with E-state index in [9.17, 15) is 0 Å². The molecular formula is C45H29N3O2. The third-order valence-electron chi connectivity index (χ3n) is 10.3. The van der Waals surface area contributed by atoms with E-state index < -0.39 is 0 Å². The normalized spacial score (nSPS) is 12.3. The molecule has 5 nitrogen and oxygen atoms in total. The highest BCUT2D eigenvalue weighted by Gasteiger charge is 2.24. The molecule has 0 fully saturated rings. The lowest BCUT2D eigenvalue weighted by Gasteiger charge is -2.11. The third kappa shape index (κ3) is 3.77. The molecular weight excluding hydrogens is 615 g/mol. The van der Waals surface area contributed by atoms with Crippen LogP contribution >= 0.6 is 0 Å². The van der Waals surface area contributed by atoms with Gasteiger partial charge in [0.05, 0.1) is 16.4 Å². The van der Waals surface area contributed by atoms with Gasteiger partial charge in [0.25, 0.3) is 0 Å². The molecule has 11 aromatic rings. The number of hydrogen-bond donors (Lipinski definition) is 0. The molecule has 4 heterocycles. The fraction of sp³-hybridized carbons (Fsp3) is 0.0667. The number of benzene rings is 7. The summed E-state index contributed by atoms with van der Waals surface area (Å²) in [4.78, 5) is 10.8. The molecule has 0 saturated heterocycles. The minimum atomic E-state index is 0.600. The topological polar surface area (TPSA) is 57.0 Å². The number of hydrogen-bond acceptors (Lipinski definition) is 4. The lowest BCUT2D eigenvalue weighted by atomic mass is 10.0. The first kappa shape index (κ1) is 27.5. The first-order valence-corrected chi connectivity index (χ1v) is 17.0. The van der Waals surface area contributed by atoms with Crippen LogP contribution in [0.4, 0.5) is 0 Å². The maximum Gasteiger partial charge on any atom is 0.236 e. The number of aryl methyl sites for hydroxylation is 3. The summed E-state index contributed by atoms with van der Waals surface area (Å²) < 4.78 is 15.4. The molecule has 11 rings (SSSR count). The molecule has 0 saturated carbocycles. The molecule has 0 bridgehead atoms. The van der Waals surface area contributed by atoms with Gasteiger partial charge in [0, 0.05) is 27.1 Å². The minimum absolute atomic E-state index is 0.600. The van der Waals surface area contributed by atoms with Crippen LogP contribution in [0, 0.1) is 20.8 Å². The smallest absolute Gasteiger partial charge is 0.236 e. The molecule has 0 N–H and O–H groups in total. The number of nitrogens with zero attached hydrogens (tertiary/aromatic N) is 3. The van der Waals surface area contributed by atoms with E-state index in [0.29, 0.717) is 11.5 Å². The Morgan fingerprint density at radius 1 is 0.480 bits per heavy atom. The summed E-state index contributed by atoms with van der Waals surface area (Å²) in [6.07, 6.45) is 0. The Hall–Kier alpha value is -6.46. The van der Waals surface area contributed by atoms with Crippen LogP contribution in [-0.2, 0) is 0 Å². The third-order valence-corrected chi connectivity index (χ3v) is 10.3. The predicted molar refractivity (Wildman–Crippen MR) is 206 cm³/mol.